The lowest BCUT2D eigenvalue weighted by Gasteiger charge is -2.26. The highest BCUT2D eigenvalue weighted by Crippen LogP contribution is 2.52. The number of fused-ring (bicyclic) bond motifs is 3. The Balaban J connectivity index is 1.37. The third-order valence-corrected chi connectivity index (χ3v) is 7.35. The van der Waals surface area contributed by atoms with Gasteiger partial charge in [0, 0.05) is 43.3 Å². The Bertz CT molecular complexity index is 819. The molecule has 0 bridgehead atoms. The Hall–Kier alpha value is -1.89. The predicted molar refractivity (Wildman–Crippen MR) is 127 cm³/mol. The number of morpholine rings is 1. The van der Waals surface area contributed by atoms with E-state index < -0.39 is 12.2 Å². The highest BCUT2D eigenvalue weighted by molar-refractivity contribution is 5.76. The van der Waals surface area contributed by atoms with Gasteiger partial charge in [-0.15, -0.1) is 0 Å². The van der Waals surface area contributed by atoms with Crippen LogP contribution in [0.1, 0.15) is 68.9 Å². The van der Waals surface area contributed by atoms with Gasteiger partial charge in [0.25, 0.3) is 0 Å². The number of nitrogens with zero attached hydrogens (tertiary/aromatic N) is 1. The van der Waals surface area contributed by atoms with Crippen molar-refractivity contribution < 1.29 is 24.5 Å². The third kappa shape index (κ3) is 5.79. The van der Waals surface area contributed by atoms with E-state index in [9.17, 15) is 15.0 Å². The van der Waals surface area contributed by atoms with E-state index in [4.69, 9.17) is 9.47 Å². The number of aryl methyl sites for hydroxylation is 1. The van der Waals surface area contributed by atoms with E-state index in [1.54, 1.807) is 0 Å². The molecule has 1 saturated carbocycles. The SMILES string of the molecule is CCCCC[C@H](O)C=C[C@@H]1[C@H]2c3cccc(CCCC(=O)N4CCOCC4)c3O[C@H]2C[C@H]1O. The van der Waals surface area contributed by atoms with Crippen LogP contribution in [0, 0.1) is 5.92 Å². The van der Waals surface area contributed by atoms with Crippen molar-refractivity contribution in [3.63, 3.8) is 0 Å². The molecule has 1 aromatic carbocycles. The monoisotopic (exact) mass is 457 g/mol. The lowest BCUT2D eigenvalue weighted by Crippen LogP contribution is -2.40. The van der Waals surface area contributed by atoms with E-state index in [0.29, 0.717) is 39.1 Å². The number of carbonyl (C=O) groups excluding carboxylic acids is 1. The van der Waals surface area contributed by atoms with E-state index >= 15 is 0 Å². The predicted octanol–water partition coefficient (Wildman–Crippen LogP) is 3.59. The molecule has 2 fully saturated rings. The van der Waals surface area contributed by atoms with E-state index in [1.807, 2.05) is 17.1 Å². The molecule has 3 aliphatic rings. The van der Waals surface area contributed by atoms with Crippen LogP contribution in [0.5, 0.6) is 5.75 Å². The summed E-state index contributed by atoms with van der Waals surface area (Å²) in [6, 6.07) is 6.27. The summed E-state index contributed by atoms with van der Waals surface area (Å²) in [5.41, 5.74) is 2.30. The van der Waals surface area contributed by atoms with Gasteiger partial charge in [0.1, 0.15) is 11.9 Å². The molecule has 6 heteroatoms. The first-order chi connectivity index (χ1) is 16.1. The van der Waals surface area contributed by atoms with Crippen LogP contribution in [0.2, 0.25) is 0 Å². The number of aliphatic hydroxyl groups excluding tert-OH is 2. The van der Waals surface area contributed by atoms with Crippen molar-refractivity contribution in [2.45, 2.75) is 82.5 Å². The maximum Gasteiger partial charge on any atom is 0.222 e. The number of rotatable bonds is 10. The topological polar surface area (TPSA) is 79.2 Å². The molecule has 1 aliphatic carbocycles. The van der Waals surface area contributed by atoms with Gasteiger partial charge in [0.05, 0.1) is 25.4 Å². The van der Waals surface area contributed by atoms with Crippen molar-refractivity contribution in [2.75, 3.05) is 26.3 Å². The normalized spacial score (nSPS) is 27.4. The van der Waals surface area contributed by atoms with Crippen molar-refractivity contribution in [3.05, 3.63) is 41.5 Å². The summed E-state index contributed by atoms with van der Waals surface area (Å²) in [6.45, 7) is 4.80. The molecular weight excluding hydrogens is 418 g/mol. The standard InChI is InChI=1S/C27H39NO5/c1-2-3-4-9-20(29)12-13-21-23(30)18-24-26(21)22-10-5-7-19(27(22)33-24)8-6-11-25(31)28-14-16-32-17-15-28/h5,7,10,12-13,20-21,23-24,26,29-30H,2-4,6,8-9,11,14-18H2,1H3/t20-,21-,23+,24-,26-/m0/s1. The molecule has 0 spiro atoms. The summed E-state index contributed by atoms with van der Waals surface area (Å²) in [5, 5.41) is 21.0. The third-order valence-electron chi connectivity index (χ3n) is 7.35. The van der Waals surface area contributed by atoms with Gasteiger partial charge in [-0.1, -0.05) is 56.5 Å². The van der Waals surface area contributed by atoms with Gasteiger partial charge in [-0.05, 0) is 24.8 Å². The summed E-state index contributed by atoms with van der Waals surface area (Å²) >= 11 is 0. The smallest absolute Gasteiger partial charge is 0.222 e. The molecular formula is C27H39NO5. The Labute approximate surface area is 197 Å². The first-order valence-electron chi connectivity index (χ1n) is 12.8. The average Bonchev–Trinajstić information content (AvgIpc) is 3.33. The average molecular weight is 458 g/mol. The Morgan fingerprint density at radius 3 is 2.85 bits per heavy atom. The van der Waals surface area contributed by atoms with E-state index in [2.05, 4.69) is 25.1 Å². The Kier molecular flexibility index (Phi) is 8.45. The molecule has 6 nitrogen and oxygen atoms in total. The second kappa shape index (κ2) is 11.5. The van der Waals surface area contributed by atoms with Crippen LogP contribution in [0.15, 0.2) is 30.4 Å². The number of ether oxygens (including phenoxy) is 2. The number of hydrogen-bond acceptors (Lipinski definition) is 5. The van der Waals surface area contributed by atoms with Crippen molar-refractivity contribution in [3.8, 4) is 5.75 Å². The molecule has 4 rings (SSSR count). The van der Waals surface area contributed by atoms with Crippen LogP contribution >= 0.6 is 0 Å². The summed E-state index contributed by atoms with van der Waals surface area (Å²) in [7, 11) is 0. The minimum Gasteiger partial charge on any atom is -0.489 e. The largest absolute Gasteiger partial charge is 0.489 e. The number of unbranched alkanes of at least 4 members (excludes halogenated alkanes) is 2. The molecule has 2 aliphatic heterocycles. The zero-order valence-electron chi connectivity index (χ0n) is 19.8. The molecule has 1 saturated heterocycles. The molecule has 0 radical (unpaired) electrons. The molecule has 1 aromatic rings. The summed E-state index contributed by atoms with van der Waals surface area (Å²) in [6.07, 6.45) is 9.73. The minimum atomic E-state index is -0.458. The minimum absolute atomic E-state index is 0.0296. The molecule has 33 heavy (non-hydrogen) atoms. The number of aliphatic hydroxyl groups is 2. The van der Waals surface area contributed by atoms with E-state index in [1.165, 1.54) is 0 Å². The van der Waals surface area contributed by atoms with Gasteiger partial charge in [-0.2, -0.15) is 0 Å². The van der Waals surface area contributed by atoms with Gasteiger partial charge >= 0.3 is 0 Å². The maximum atomic E-state index is 12.5. The van der Waals surface area contributed by atoms with Crippen LogP contribution < -0.4 is 4.74 Å². The summed E-state index contributed by atoms with van der Waals surface area (Å²) < 4.78 is 11.7. The van der Waals surface area contributed by atoms with Crippen LogP contribution in [0.3, 0.4) is 0 Å². The zero-order valence-corrected chi connectivity index (χ0v) is 19.8. The number of benzene rings is 1. The van der Waals surface area contributed by atoms with Crippen LogP contribution in [0.25, 0.3) is 0 Å². The van der Waals surface area contributed by atoms with Crippen LogP contribution in [0.4, 0.5) is 0 Å². The number of amides is 1. The molecule has 2 N–H and O–H groups in total. The molecule has 182 valence electrons. The lowest BCUT2D eigenvalue weighted by atomic mass is 9.86. The van der Waals surface area contributed by atoms with Gasteiger partial charge in [0.15, 0.2) is 0 Å². The Morgan fingerprint density at radius 2 is 2.06 bits per heavy atom. The van der Waals surface area contributed by atoms with Crippen molar-refractivity contribution in [2.24, 2.45) is 5.92 Å². The zero-order chi connectivity index (χ0) is 23.2. The van der Waals surface area contributed by atoms with Crippen LogP contribution in [-0.4, -0.2) is 65.6 Å². The summed E-state index contributed by atoms with van der Waals surface area (Å²) in [4.78, 5) is 14.4. The fraction of sp³-hybridized carbons (Fsp3) is 0.667. The number of carbonyl (C=O) groups is 1. The van der Waals surface area contributed by atoms with E-state index in [-0.39, 0.29) is 23.8 Å². The van der Waals surface area contributed by atoms with Gasteiger partial charge < -0.3 is 24.6 Å². The maximum absolute atomic E-state index is 12.5. The Morgan fingerprint density at radius 1 is 1.24 bits per heavy atom. The second-order valence-corrected chi connectivity index (χ2v) is 9.69. The lowest BCUT2D eigenvalue weighted by molar-refractivity contribution is -0.135. The van der Waals surface area contributed by atoms with E-state index in [0.717, 1.165) is 55.4 Å². The molecule has 5 atom stereocenters. The molecule has 1 amide bonds. The fourth-order valence-electron chi connectivity index (χ4n) is 5.52. The van der Waals surface area contributed by atoms with Crippen molar-refractivity contribution >= 4 is 5.91 Å². The van der Waals surface area contributed by atoms with Gasteiger partial charge in [0.2, 0.25) is 5.91 Å². The van der Waals surface area contributed by atoms with Crippen LogP contribution in [-0.2, 0) is 16.0 Å². The quantitative estimate of drug-likeness (QED) is 0.415. The number of hydrogen-bond donors (Lipinski definition) is 2. The molecule has 0 unspecified atom stereocenters. The van der Waals surface area contributed by atoms with Gasteiger partial charge in [-0.3, -0.25) is 4.79 Å². The first kappa shape index (κ1) is 24.2. The van der Waals surface area contributed by atoms with Crippen molar-refractivity contribution in [1.82, 2.24) is 4.90 Å². The van der Waals surface area contributed by atoms with Crippen molar-refractivity contribution in [1.29, 1.82) is 0 Å². The number of para-hydroxylation sites is 1. The second-order valence-electron chi connectivity index (χ2n) is 9.69. The highest BCUT2D eigenvalue weighted by Gasteiger charge is 2.48. The fourth-order valence-corrected chi connectivity index (χ4v) is 5.52. The first-order valence-corrected chi connectivity index (χ1v) is 12.8. The van der Waals surface area contributed by atoms with Gasteiger partial charge in [-0.25, -0.2) is 0 Å². The summed E-state index contributed by atoms with van der Waals surface area (Å²) in [5.74, 6) is 1.22. The highest BCUT2D eigenvalue weighted by atomic mass is 16.5. The molecule has 2 heterocycles. The molecule has 0 aromatic heterocycles.